The van der Waals surface area contributed by atoms with Crippen molar-refractivity contribution in [3.8, 4) is 17.0 Å². The summed E-state index contributed by atoms with van der Waals surface area (Å²) in [6, 6.07) is 19.6. The molecule has 1 saturated carbocycles. The van der Waals surface area contributed by atoms with Gasteiger partial charge in [0.25, 0.3) is 0 Å². The molecule has 3 heterocycles. The van der Waals surface area contributed by atoms with Gasteiger partial charge in [-0.05, 0) is 61.6 Å². The molecule has 2 aliphatic heterocycles. The monoisotopic (exact) mass is 530 g/mol. The first-order valence-electron chi connectivity index (χ1n) is 13.5. The normalized spacial score (nSPS) is 22.0. The van der Waals surface area contributed by atoms with Crippen molar-refractivity contribution in [1.29, 1.82) is 0 Å². The molecule has 3 aromatic rings. The summed E-state index contributed by atoms with van der Waals surface area (Å²) in [5.41, 5.74) is 4.30. The van der Waals surface area contributed by atoms with Gasteiger partial charge in [0, 0.05) is 41.2 Å². The Kier molecular flexibility index (Phi) is 6.49. The van der Waals surface area contributed by atoms with E-state index in [1.807, 2.05) is 52.8 Å². The highest BCUT2D eigenvalue weighted by atomic mass is 32.2. The topological polar surface area (TPSA) is 79.7 Å². The minimum atomic E-state index is -1.29. The fourth-order valence-electron chi connectivity index (χ4n) is 5.83. The number of Topliss-reactive ketones (excluding diaryl/α,β-unsaturated/α-hetero) is 1. The Labute approximate surface area is 226 Å². The van der Waals surface area contributed by atoms with Crippen molar-refractivity contribution < 1.29 is 18.8 Å². The van der Waals surface area contributed by atoms with Gasteiger partial charge in [-0.2, -0.15) is 0 Å². The molecule has 198 valence electrons. The predicted octanol–water partition coefficient (Wildman–Crippen LogP) is 4.74. The van der Waals surface area contributed by atoms with E-state index in [0.717, 1.165) is 65.4 Å². The van der Waals surface area contributed by atoms with Crippen LogP contribution in [0, 0.1) is 0 Å². The Morgan fingerprint density at radius 2 is 1.92 bits per heavy atom. The maximum absolute atomic E-state index is 13.6. The van der Waals surface area contributed by atoms with Gasteiger partial charge in [0.2, 0.25) is 0 Å². The Bertz CT molecular complexity index is 1400. The average molecular weight is 531 g/mol. The Hall–Kier alpha value is -2.87. The summed E-state index contributed by atoms with van der Waals surface area (Å²) in [6.45, 7) is 5.79. The van der Waals surface area contributed by atoms with Crippen LogP contribution < -0.4 is 4.74 Å². The van der Waals surface area contributed by atoms with E-state index in [1.165, 1.54) is 5.56 Å². The van der Waals surface area contributed by atoms with Crippen molar-refractivity contribution in [1.82, 2.24) is 9.29 Å². The summed E-state index contributed by atoms with van der Waals surface area (Å²) in [7, 11) is -1.29. The quantitative estimate of drug-likeness (QED) is 0.455. The summed E-state index contributed by atoms with van der Waals surface area (Å²) < 4.78 is 20.7. The van der Waals surface area contributed by atoms with Gasteiger partial charge in [0.1, 0.15) is 22.5 Å². The van der Waals surface area contributed by atoms with Crippen molar-refractivity contribution in [3.05, 3.63) is 77.5 Å². The number of fused-ring (bicyclic) bond motifs is 1. The van der Waals surface area contributed by atoms with Gasteiger partial charge in [0.15, 0.2) is 0 Å². The molecule has 38 heavy (non-hydrogen) atoms. The fourth-order valence-corrected chi connectivity index (χ4v) is 7.21. The maximum Gasteiger partial charge on any atom is 0.149 e. The van der Waals surface area contributed by atoms with E-state index in [9.17, 15) is 14.1 Å². The van der Waals surface area contributed by atoms with Crippen molar-refractivity contribution in [2.75, 3.05) is 19.8 Å². The van der Waals surface area contributed by atoms with E-state index >= 15 is 0 Å². The van der Waals surface area contributed by atoms with Crippen molar-refractivity contribution >= 4 is 16.8 Å². The smallest absolute Gasteiger partial charge is 0.149 e. The van der Waals surface area contributed by atoms with Crippen molar-refractivity contribution in [3.63, 3.8) is 0 Å². The minimum Gasteiger partial charge on any atom is -0.492 e. The summed E-state index contributed by atoms with van der Waals surface area (Å²) in [5.74, 6) is 1.15. The highest BCUT2D eigenvalue weighted by Gasteiger charge is 2.51. The lowest BCUT2D eigenvalue weighted by molar-refractivity contribution is -0.120. The van der Waals surface area contributed by atoms with Gasteiger partial charge in [-0.15, -0.1) is 0 Å². The summed E-state index contributed by atoms with van der Waals surface area (Å²) >= 11 is 0. The second-order valence-corrected chi connectivity index (χ2v) is 12.9. The van der Waals surface area contributed by atoms with E-state index < -0.39 is 16.4 Å². The summed E-state index contributed by atoms with van der Waals surface area (Å²) in [4.78, 5) is 19.1. The molecule has 0 spiro atoms. The molecule has 2 fully saturated rings. The lowest BCUT2D eigenvalue weighted by Gasteiger charge is -2.21. The lowest BCUT2D eigenvalue weighted by atomic mass is 9.82. The van der Waals surface area contributed by atoms with Crippen LogP contribution in [0.4, 0.5) is 0 Å². The first-order chi connectivity index (χ1) is 18.3. The van der Waals surface area contributed by atoms with Gasteiger partial charge in [0.05, 0.1) is 29.2 Å². The zero-order chi connectivity index (χ0) is 26.5. The molecule has 0 bridgehead atoms. The number of carbonyl (C=O) groups excluding carboxylic acids is 1. The fraction of sp³-hybridized carbons (Fsp3) is 0.419. The molecule has 7 heteroatoms. The van der Waals surface area contributed by atoms with E-state index in [-0.39, 0.29) is 23.8 Å². The predicted molar refractivity (Wildman–Crippen MR) is 147 cm³/mol. The van der Waals surface area contributed by atoms with Crippen molar-refractivity contribution in [2.45, 2.75) is 67.7 Å². The molecule has 0 amide bonds. The highest BCUT2D eigenvalue weighted by Crippen LogP contribution is 2.51. The van der Waals surface area contributed by atoms with E-state index in [2.05, 4.69) is 26.0 Å². The summed E-state index contributed by atoms with van der Waals surface area (Å²) in [5, 5.41) is 9.58. The van der Waals surface area contributed by atoms with Gasteiger partial charge in [-0.25, -0.2) is 8.51 Å². The first-order valence-corrected chi connectivity index (χ1v) is 14.6. The van der Waals surface area contributed by atoms with E-state index in [0.29, 0.717) is 13.0 Å². The standard InChI is InChI=1S/C31H34N2O4S/c1-30(2)20-37-28-13-10-22(17-26(28)30)31(14-15-31)29(35)18-23-5-3-7-27(32-23)21-8-11-25(12-9-21)38(36)33-16-4-6-24(33)19-34/h3,5,7-13,17,24,34H,4,6,14-16,18-20H2,1-2H3/t24-,38?/m1/s1. The largest absolute Gasteiger partial charge is 0.492 e. The third kappa shape index (κ3) is 4.51. The number of ether oxygens (including phenoxy) is 1. The number of benzene rings is 2. The zero-order valence-electron chi connectivity index (χ0n) is 22.0. The van der Waals surface area contributed by atoms with Gasteiger partial charge >= 0.3 is 0 Å². The second kappa shape index (κ2) is 9.70. The lowest BCUT2D eigenvalue weighted by Crippen LogP contribution is -2.33. The number of ketones is 1. The average Bonchev–Trinajstić information content (AvgIpc) is 3.51. The molecule has 1 aromatic heterocycles. The first kappa shape index (κ1) is 25.4. The second-order valence-electron chi connectivity index (χ2n) is 11.5. The molecule has 2 aromatic carbocycles. The maximum atomic E-state index is 13.6. The van der Waals surface area contributed by atoms with E-state index in [4.69, 9.17) is 9.72 Å². The van der Waals surface area contributed by atoms with Crippen LogP contribution >= 0.6 is 0 Å². The number of nitrogens with zero attached hydrogens (tertiary/aromatic N) is 2. The van der Waals surface area contributed by atoms with Gasteiger partial charge in [-0.1, -0.05) is 44.2 Å². The number of aliphatic hydroxyl groups is 1. The highest BCUT2D eigenvalue weighted by molar-refractivity contribution is 7.82. The molecule has 6 nitrogen and oxygen atoms in total. The van der Waals surface area contributed by atoms with Gasteiger partial charge in [-0.3, -0.25) is 9.78 Å². The van der Waals surface area contributed by atoms with Crippen molar-refractivity contribution in [2.24, 2.45) is 0 Å². The summed E-state index contributed by atoms with van der Waals surface area (Å²) in [6.07, 6.45) is 3.86. The van der Waals surface area contributed by atoms with Crippen LogP contribution in [-0.4, -0.2) is 50.2 Å². The number of carbonyl (C=O) groups is 1. The minimum absolute atomic E-state index is 0.0272. The number of aromatic nitrogens is 1. The molecular weight excluding hydrogens is 496 g/mol. The molecule has 1 unspecified atom stereocenters. The van der Waals surface area contributed by atoms with Crippen LogP contribution in [0.25, 0.3) is 11.3 Å². The third-order valence-electron chi connectivity index (χ3n) is 8.38. The number of hydrogen-bond donors (Lipinski definition) is 1. The van der Waals surface area contributed by atoms with Crippen LogP contribution in [0.3, 0.4) is 0 Å². The molecule has 1 saturated heterocycles. The number of pyridine rings is 1. The van der Waals surface area contributed by atoms with Crippen LogP contribution in [0.1, 0.15) is 56.4 Å². The number of rotatable bonds is 8. The molecule has 1 N–H and O–H groups in total. The molecule has 6 rings (SSSR count). The van der Waals surface area contributed by atoms with Crippen LogP contribution in [0.2, 0.25) is 0 Å². The van der Waals surface area contributed by atoms with Crippen LogP contribution in [0.5, 0.6) is 5.75 Å². The van der Waals surface area contributed by atoms with Crippen LogP contribution in [0.15, 0.2) is 65.6 Å². The molecule has 1 aliphatic carbocycles. The molecular formula is C31H34N2O4S. The van der Waals surface area contributed by atoms with E-state index in [1.54, 1.807) is 0 Å². The molecule has 0 radical (unpaired) electrons. The van der Waals surface area contributed by atoms with Crippen LogP contribution in [-0.2, 0) is 33.0 Å². The Balaban J connectivity index is 1.18. The number of hydrogen-bond acceptors (Lipinski definition) is 5. The zero-order valence-corrected chi connectivity index (χ0v) is 22.8. The Morgan fingerprint density at radius 1 is 1.13 bits per heavy atom. The Morgan fingerprint density at radius 3 is 2.66 bits per heavy atom. The third-order valence-corrected chi connectivity index (χ3v) is 9.96. The SMILES string of the molecule is CC1(C)COc2ccc(C3(C(=O)Cc4cccc(-c5ccc(S(=O)N6CCC[C@@H]6CO)cc5)n4)CC3)cc21. The molecule has 3 aliphatic rings. The van der Waals surface area contributed by atoms with Gasteiger partial charge < -0.3 is 9.84 Å². The molecule has 2 atom stereocenters. The number of aliphatic hydroxyl groups excluding tert-OH is 1.